The number of benzene rings is 2. The minimum absolute atomic E-state index is 0.0236. The van der Waals surface area contributed by atoms with E-state index in [0.29, 0.717) is 0 Å². The van der Waals surface area contributed by atoms with Crippen LogP contribution in [-0.4, -0.2) is 27.2 Å². The van der Waals surface area contributed by atoms with Gasteiger partial charge < -0.3 is 9.64 Å². The van der Waals surface area contributed by atoms with E-state index in [1.165, 1.54) is 21.6 Å². The summed E-state index contributed by atoms with van der Waals surface area (Å²) in [4.78, 5) is 1.40. The van der Waals surface area contributed by atoms with E-state index in [9.17, 15) is 0 Å². The molecule has 20 heavy (non-hydrogen) atoms. The number of hydrogen-bond donors (Lipinski definition) is 1. The summed E-state index contributed by atoms with van der Waals surface area (Å²) in [5.74, 6) is 0. The Labute approximate surface area is 122 Å². The van der Waals surface area contributed by atoms with Gasteiger partial charge in [0.15, 0.2) is 0 Å². The highest BCUT2D eigenvalue weighted by Gasteiger charge is 2.15. The molecule has 0 heterocycles. The summed E-state index contributed by atoms with van der Waals surface area (Å²) in [6.45, 7) is 3.89. The summed E-state index contributed by atoms with van der Waals surface area (Å²) in [7, 11) is 4.29. The van der Waals surface area contributed by atoms with E-state index >= 15 is 0 Å². The van der Waals surface area contributed by atoms with E-state index in [1.807, 2.05) is 6.07 Å². The fraction of sp³-hybridized carbons (Fsp3) is 0.333. The van der Waals surface area contributed by atoms with Gasteiger partial charge >= 0.3 is 0 Å². The number of hydrogen-bond acceptors (Lipinski definition) is 1. The van der Waals surface area contributed by atoms with Crippen LogP contribution in [0.2, 0.25) is 0 Å². The number of ether oxygens (including phenoxy) is 1. The molecular formula is C18H24NO+. The van der Waals surface area contributed by atoms with E-state index in [4.69, 9.17) is 4.74 Å². The lowest BCUT2D eigenvalue weighted by Crippen LogP contribution is -3.06. The van der Waals surface area contributed by atoms with Crippen LogP contribution in [0, 0.1) is 6.92 Å². The van der Waals surface area contributed by atoms with E-state index in [2.05, 4.69) is 69.6 Å². The largest absolute Gasteiger partial charge is 0.363 e. The second-order valence-corrected chi connectivity index (χ2v) is 5.53. The number of nitrogens with one attached hydrogen (secondary N) is 1. The van der Waals surface area contributed by atoms with Crippen LogP contribution in [0.1, 0.15) is 22.8 Å². The smallest absolute Gasteiger partial charge is 0.108 e. The summed E-state index contributed by atoms with van der Waals surface area (Å²) in [5.41, 5.74) is 3.71. The molecule has 106 valence electrons. The molecular weight excluding hydrogens is 246 g/mol. The molecule has 0 aromatic heterocycles. The van der Waals surface area contributed by atoms with Crippen molar-refractivity contribution >= 4 is 0 Å². The molecule has 0 saturated carbocycles. The van der Waals surface area contributed by atoms with Crippen LogP contribution in [0.15, 0.2) is 54.6 Å². The zero-order valence-corrected chi connectivity index (χ0v) is 12.6. The van der Waals surface area contributed by atoms with Gasteiger partial charge in [-0.2, -0.15) is 0 Å². The molecule has 2 nitrogen and oxygen atoms in total. The average Bonchev–Trinajstić information content (AvgIpc) is 2.44. The number of quaternary nitrogens is 1. The normalized spacial score (nSPS) is 12.6. The second kappa shape index (κ2) is 7.22. The monoisotopic (exact) mass is 270 g/mol. The maximum absolute atomic E-state index is 6.16. The first-order valence-electron chi connectivity index (χ1n) is 7.19. The number of rotatable bonds is 6. The van der Waals surface area contributed by atoms with Crippen molar-refractivity contribution in [3.8, 4) is 0 Å². The van der Waals surface area contributed by atoms with Gasteiger partial charge in [-0.25, -0.2) is 0 Å². The molecule has 1 N–H and O–H groups in total. The molecule has 0 radical (unpaired) electrons. The Kier molecular flexibility index (Phi) is 5.33. The molecule has 0 aliphatic rings. The number of likely N-dealkylation sites (N-methyl/N-ethyl adjacent to an activating group) is 1. The molecule has 0 saturated heterocycles. The molecule has 2 rings (SSSR count). The predicted octanol–water partition coefficient (Wildman–Crippen LogP) is 2.25. The van der Waals surface area contributed by atoms with E-state index in [-0.39, 0.29) is 6.10 Å². The summed E-state index contributed by atoms with van der Waals surface area (Å²) >= 11 is 0. The number of aryl methyl sites for hydroxylation is 1. The molecule has 0 amide bonds. The fourth-order valence-corrected chi connectivity index (χ4v) is 2.23. The van der Waals surface area contributed by atoms with E-state index in [0.717, 1.165) is 13.2 Å². The molecule has 0 bridgehead atoms. The van der Waals surface area contributed by atoms with Gasteiger partial charge in [0.05, 0.1) is 20.7 Å². The van der Waals surface area contributed by atoms with Gasteiger partial charge in [0.25, 0.3) is 0 Å². The zero-order chi connectivity index (χ0) is 14.4. The van der Waals surface area contributed by atoms with Crippen molar-refractivity contribution in [3.63, 3.8) is 0 Å². The Morgan fingerprint density at radius 2 is 1.65 bits per heavy atom. The summed E-state index contributed by atoms with van der Waals surface area (Å²) in [6.07, 6.45) is 0.0236. The standard InChI is InChI=1S/C18H23NO/c1-15-8-7-11-17(14-15)18(20-13-12-19(2)3)16-9-5-4-6-10-16/h4-11,14,18H,12-13H2,1-3H3/p+1/t18-/m1/s1. The van der Waals surface area contributed by atoms with Crippen molar-refractivity contribution in [1.82, 2.24) is 0 Å². The Morgan fingerprint density at radius 3 is 2.30 bits per heavy atom. The van der Waals surface area contributed by atoms with Crippen LogP contribution in [0.5, 0.6) is 0 Å². The maximum atomic E-state index is 6.16. The van der Waals surface area contributed by atoms with Crippen LogP contribution >= 0.6 is 0 Å². The maximum Gasteiger partial charge on any atom is 0.108 e. The van der Waals surface area contributed by atoms with Crippen molar-refractivity contribution in [3.05, 3.63) is 71.3 Å². The third-order valence-corrected chi connectivity index (χ3v) is 3.33. The second-order valence-electron chi connectivity index (χ2n) is 5.53. The third kappa shape index (κ3) is 4.19. The summed E-state index contributed by atoms with van der Waals surface area (Å²) in [5, 5.41) is 0. The van der Waals surface area contributed by atoms with Gasteiger partial charge in [0.2, 0.25) is 0 Å². The van der Waals surface area contributed by atoms with E-state index in [1.54, 1.807) is 0 Å². The summed E-state index contributed by atoms with van der Waals surface area (Å²) < 4.78 is 6.16. The van der Waals surface area contributed by atoms with Crippen molar-refractivity contribution in [2.75, 3.05) is 27.2 Å². The minimum Gasteiger partial charge on any atom is -0.363 e. The molecule has 2 aromatic carbocycles. The first-order chi connectivity index (χ1) is 9.66. The Balaban J connectivity index is 2.20. The van der Waals surface area contributed by atoms with Gasteiger partial charge in [-0.15, -0.1) is 0 Å². The SMILES string of the molecule is Cc1cccc([C@H](OCC[NH+](C)C)c2ccccc2)c1. The van der Waals surface area contributed by atoms with E-state index < -0.39 is 0 Å². The van der Waals surface area contributed by atoms with Crippen LogP contribution < -0.4 is 4.90 Å². The molecule has 2 aromatic rings. The van der Waals surface area contributed by atoms with Gasteiger partial charge in [-0.05, 0) is 18.1 Å². The summed E-state index contributed by atoms with van der Waals surface area (Å²) in [6, 6.07) is 19.0. The van der Waals surface area contributed by atoms with Crippen molar-refractivity contribution < 1.29 is 9.64 Å². The lowest BCUT2D eigenvalue weighted by atomic mass is 10.00. The molecule has 0 unspecified atom stereocenters. The topological polar surface area (TPSA) is 13.7 Å². The minimum atomic E-state index is 0.0236. The van der Waals surface area contributed by atoms with Crippen molar-refractivity contribution in [1.29, 1.82) is 0 Å². The first kappa shape index (κ1) is 14.8. The predicted molar refractivity (Wildman–Crippen MR) is 83.1 cm³/mol. The molecule has 1 atom stereocenters. The van der Waals surface area contributed by atoms with Crippen LogP contribution in [0.3, 0.4) is 0 Å². The highest BCUT2D eigenvalue weighted by atomic mass is 16.5. The lowest BCUT2D eigenvalue weighted by Gasteiger charge is -2.20. The Hall–Kier alpha value is -1.64. The average molecular weight is 270 g/mol. The van der Waals surface area contributed by atoms with Gasteiger partial charge in [0, 0.05) is 0 Å². The van der Waals surface area contributed by atoms with Gasteiger partial charge in [0.1, 0.15) is 12.6 Å². The fourth-order valence-electron chi connectivity index (χ4n) is 2.23. The lowest BCUT2D eigenvalue weighted by molar-refractivity contribution is -0.858. The zero-order valence-electron chi connectivity index (χ0n) is 12.6. The third-order valence-electron chi connectivity index (χ3n) is 3.33. The molecule has 0 spiro atoms. The highest BCUT2D eigenvalue weighted by molar-refractivity contribution is 5.32. The molecule has 0 fully saturated rings. The molecule has 0 aliphatic heterocycles. The van der Waals surface area contributed by atoms with Crippen molar-refractivity contribution in [2.45, 2.75) is 13.0 Å². The van der Waals surface area contributed by atoms with Crippen LogP contribution in [-0.2, 0) is 4.74 Å². The van der Waals surface area contributed by atoms with Crippen LogP contribution in [0.25, 0.3) is 0 Å². The highest BCUT2D eigenvalue weighted by Crippen LogP contribution is 2.26. The Bertz CT molecular complexity index is 522. The Morgan fingerprint density at radius 1 is 0.950 bits per heavy atom. The van der Waals surface area contributed by atoms with Crippen LogP contribution in [0.4, 0.5) is 0 Å². The van der Waals surface area contributed by atoms with Crippen molar-refractivity contribution in [2.24, 2.45) is 0 Å². The molecule has 0 aliphatic carbocycles. The van der Waals surface area contributed by atoms with Gasteiger partial charge in [-0.3, -0.25) is 0 Å². The molecule has 2 heteroatoms. The quantitative estimate of drug-likeness (QED) is 0.850. The first-order valence-corrected chi connectivity index (χ1v) is 7.19. The van der Waals surface area contributed by atoms with Gasteiger partial charge in [-0.1, -0.05) is 60.2 Å².